The first-order valence-corrected chi connectivity index (χ1v) is 13.2. The fourth-order valence-corrected chi connectivity index (χ4v) is 4.11. The van der Waals surface area contributed by atoms with Gasteiger partial charge in [0.2, 0.25) is 0 Å². The molecule has 0 saturated heterocycles. The molecule has 0 bridgehead atoms. The molecule has 0 saturated carbocycles. The van der Waals surface area contributed by atoms with Crippen LogP contribution in [0.2, 0.25) is 0 Å². The summed E-state index contributed by atoms with van der Waals surface area (Å²) in [6, 6.07) is 46.9. The summed E-state index contributed by atoms with van der Waals surface area (Å²) in [5.41, 5.74) is 9.18. The molecular formula is C37H29BIrN3Y-4. The maximum atomic E-state index is 4.39. The Kier molecular flexibility index (Phi) is 14.5. The second kappa shape index (κ2) is 17.3. The Bertz CT molecular complexity index is 1660. The van der Waals surface area contributed by atoms with Crippen LogP contribution < -0.4 is 0 Å². The summed E-state index contributed by atoms with van der Waals surface area (Å²) in [5.74, 6) is 0. The normalized spacial score (nSPS) is 10.1. The molecular weight excluding hydrogens is 778 g/mol. The quantitative estimate of drug-likeness (QED) is 0.133. The first kappa shape index (κ1) is 36.1. The minimum atomic E-state index is 0. The van der Waals surface area contributed by atoms with Gasteiger partial charge in [-0.1, -0.05) is 50.2 Å². The Labute approximate surface area is 296 Å². The Morgan fingerprint density at radius 1 is 0.581 bits per heavy atom. The van der Waals surface area contributed by atoms with Gasteiger partial charge in [-0.05, 0) is 40.9 Å². The van der Waals surface area contributed by atoms with E-state index < -0.39 is 0 Å². The van der Waals surface area contributed by atoms with E-state index in [2.05, 4.69) is 78.2 Å². The predicted octanol–water partition coefficient (Wildman–Crippen LogP) is 8.34. The van der Waals surface area contributed by atoms with Crippen LogP contribution >= 0.6 is 0 Å². The van der Waals surface area contributed by atoms with Crippen LogP contribution in [0.25, 0.3) is 44.9 Å². The van der Waals surface area contributed by atoms with Crippen LogP contribution in [0.5, 0.6) is 0 Å². The van der Waals surface area contributed by atoms with Crippen LogP contribution in [-0.4, -0.2) is 23.4 Å². The van der Waals surface area contributed by atoms with Crippen molar-refractivity contribution in [1.29, 1.82) is 0 Å². The molecule has 6 aromatic rings. The van der Waals surface area contributed by atoms with Gasteiger partial charge in [-0.2, -0.15) is 5.56 Å². The second-order valence-electron chi connectivity index (χ2n) is 10.3. The number of nitrogens with zero attached hydrogens (tertiary/aromatic N) is 3. The summed E-state index contributed by atoms with van der Waals surface area (Å²) in [5, 5.41) is 0. The van der Waals surface area contributed by atoms with Crippen molar-refractivity contribution in [3.8, 4) is 44.9 Å². The average molecular weight is 808 g/mol. The summed E-state index contributed by atoms with van der Waals surface area (Å²) >= 11 is 0. The van der Waals surface area contributed by atoms with E-state index in [0.717, 1.165) is 44.9 Å². The molecule has 0 aliphatic carbocycles. The summed E-state index contributed by atoms with van der Waals surface area (Å²) < 4.78 is 0. The number of hydrogen-bond donors (Lipinski definition) is 0. The number of pyridine rings is 3. The third-order valence-electron chi connectivity index (χ3n) is 6.33. The molecule has 0 atom stereocenters. The zero-order valence-corrected chi connectivity index (χ0v) is 29.6. The van der Waals surface area contributed by atoms with Crippen LogP contribution in [0.15, 0.2) is 122 Å². The summed E-state index contributed by atoms with van der Waals surface area (Å²) in [4.78, 5) is 13.1. The standard InChI is InChI=1S/C22H13N2.C15H16N.B.Ir.Y/c1-3-14-23-21(8-1)18-12-10-17(11-13-18)19-6-5-7-20(16-19)22-9-2-4-15-24-22;1-15(2,3)13-9-10-16-14(11-13)12-7-5-4-6-8-12;;;/h1-6,8-10,12-15H;4-7,9-11H,1-3H3;;;/q-3;-1;;;. The van der Waals surface area contributed by atoms with Crippen molar-refractivity contribution in [2.75, 3.05) is 0 Å². The Hall–Kier alpha value is -3.07. The Morgan fingerprint density at radius 3 is 1.88 bits per heavy atom. The van der Waals surface area contributed by atoms with Crippen LogP contribution in [0.3, 0.4) is 0 Å². The van der Waals surface area contributed by atoms with Gasteiger partial charge in [-0.25, -0.2) is 6.07 Å². The molecule has 3 heterocycles. The number of aromatic nitrogens is 3. The predicted molar refractivity (Wildman–Crippen MR) is 168 cm³/mol. The molecule has 6 rings (SSSR count). The fourth-order valence-electron chi connectivity index (χ4n) is 4.11. The molecule has 0 amide bonds. The van der Waals surface area contributed by atoms with Gasteiger partial charge in [0.1, 0.15) is 0 Å². The molecule has 0 spiro atoms. The SMILES string of the molecule is CC(C)(C)c1ccnc(-c2[c-]cccc2)c1.[B].[Ir].[Y].[c-]1ccc(-c2[c-]cc(-c3ccccn3)cc2)[c-]c1-c1ccccn1. The third kappa shape index (κ3) is 9.98. The first-order valence-electron chi connectivity index (χ1n) is 13.2. The smallest absolute Gasteiger partial charge is 0.0288 e. The molecule has 3 aromatic carbocycles. The van der Waals surface area contributed by atoms with Crippen LogP contribution in [0, 0.1) is 24.3 Å². The Balaban J connectivity index is 0.000000301. The summed E-state index contributed by atoms with van der Waals surface area (Å²) in [7, 11) is 0. The van der Waals surface area contributed by atoms with Gasteiger partial charge in [0.15, 0.2) is 0 Å². The number of rotatable bonds is 4. The second-order valence-corrected chi connectivity index (χ2v) is 10.3. The van der Waals surface area contributed by atoms with Gasteiger partial charge in [0.05, 0.1) is 0 Å². The molecule has 0 unspecified atom stereocenters. The molecule has 211 valence electrons. The van der Waals surface area contributed by atoms with Crippen LogP contribution in [0.4, 0.5) is 0 Å². The van der Waals surface area contributed by atoms with Gasteiger partial charge in [-0.15, -0.1) is 66.2 Å². The van der Waals surface area contributed by atoms with Gasteiger partial charge in [-0.3, -0.25) is 28.2 Å². The number of benzene rings is 3. The average Bonchev–Trinajstić information content (AvgIpc) is 3.02. The number of hydrogen-bond acceptors (Lipinski definition) is 3. The van der Waals surface area contributed by atoms with E-state index in [-0.39, 0.29) is 66.6 Å². The van der Waals surface area contributed by atoms with E-state index >= 15 is 0 Å². The minimum absolute atomic E-state index is 0. The van der Waals surface area contributed by atoms with E-state index in [9.17, 15) is 0 Å². The van der Waals surface area contributed by atoms with Crippen molar-refractivity contribution in [2.45, 2.75) is 26.2 Å². The first-order chi connectivity index (χ1) is 19.5. The topological polar surface area (TPSA) is 38.7 Å². The molecule has 0 aliphatic rings. The van der Waals surface area contributed by atoms with Crippen molar-refractivity contribution in [1.82, 2.24) is 15.0 Å². The van der Waals surface area contributed by atoms with E-state index in [4.69, 9.17) is 0 Å². The van der Waals surface area contributed by atoms with E-state index in [1.54, 1.807) is 12.4 Å². The van der Waals surface area contributed by atoms with E-state index in [0.29, 0.717) is 0 Å². The third-order valence-corrected chi connectivity index (χ3v) is 6.33. The molecule has 0 fully saturated rings. The maximum Gasteiger partial charge on any atom is 0.0288 e. The van der Waals surface area contributed by atoms with Crippen LogP contribution in [0.1, 0.15) is 26.3 Å². The fraction of sp³-hybridized carbons (Fsp3) is 0.108. The molecule has 0 N–H and O–H groups in total. The summed E-state index contributed by atoms with van der Waals surface area (Å²) in [6.45, 7) is 6.63. The van der Waals surface area contributed by atoms with Gasteiger partial charge < -0.3 is 16.0 Å². The molecule has 0 aliphatic heterocycles. The maximum absolute atomic E-state index is 4.39. The monoisotopic (exact) mass is 808 g/mol. The van der Waals surface area contributed by atoms with Crippen molar-refractivity contribution < 1.29 is 52.8 Å². The van der Waals surface area contributed by atoms with Crippen molar-refractivity contribution >= 4 is 8.41 Å². The van der Waals surface area contributed by atoms with E-state index in [1.165, 1.54) is 5.56 Å². The minimum Gasteiger partial charge on any atom is -0.352 e. The molecule has 43 heavy (non-hydrogen) atoms. The zero-order valence-electron chi connectivity index (χ0n) is 24.4. The van der Waals surface area contributed by atoms with Crippen LogP contribution in [-0.2, 0) is 58.2 Å². The largest absolute Gasteiger partial charge is 0.352 e. The van der Waals surface area contributed by atoms with E-state index in [1.807, 2.05) is 91.1 Å². The van der Waals surface area contributed by atoms with Crippen molar-refractivity contribution in [2.24, 2.45) is 0 Å². The molecule has 5 radical (unpaired) electrons. The van der Waals surface area contributed by atoms with Crippen molar-refractivity contribution in [3.05, 3.63) is 152 Å². The van der Waals surface area contributed by atoms with Gasteiger partial charge in [0, 0.05) is 85.5 Å². The summed E-state index contributed by atoms with van der Waals surface area (Å²) in [6.07, 6.45) is 5.44. The van der Waals surface area contributed by atoms with Gasteiger partial charge in [0.25, 0.3) is 0 Å². The molecule has 3 aromatic heterocycles. The Morgan fingerprint density at radius 2 is 1.28 bits per heavy atom. The zero-order chi connectivity index (χ0) is 27.8. The molecule has 3 nitrogen and oxygen atoms in total. The molecule has 6 heteroatoms. The van der Waals surface area contributed by atoms with Gasteiger partial charge >= 0.3 is 0 Å². The van der Waals surface area contributed by atoms with Crippen molar-refractivity contribution in [3.63, 3.8) is 0 Å².